The zero-order valence-corrected chi connectivity index (χ0v) is 11.8. The highest BCUT2D eigenvalue weighted by atomic mass is 16.6. The first-order valence-electron chi connectivity index (χ1n) is 7.29. The summed E-state index contributed by atoms with van der Waals surface area (Å²) < 4.78 is 0. The summed E-state index contributed by atoms with van der Waals surface area (Å²) in [7, 11) is 0. The Morgan fingerprint density at radius 1 is 1.00 bits per heavy atom. The van der Waals surface area contributed by atoms with Gasteiger partial charge in [0.15, 0.2) is 0 Å². The lowest BCUT2D eigenvalue weighted by Crippen LogP contribution is -2.15. The fourth-order valence-electron chi connectivity index (χ4n) is 3.39. The molecule has 0 N–H and O–H groups in total. The van der Waals surface area contributed by atoms with Gasteiger partial charge in [0.1, 0.15) is 0 Å². The van der Waals surface area contributed by atoms with Crippen molar-refractivity contribution < 1.29 is 9.72 Å². The molecule has 1 aliphatic carbocycles. The number of carbonyl (C=O) groups excluding carboxylic acids is 1. The summed E-state index contributed by atoms with van der Waals surface area (Å²) in [6.45, 7) is 0. The molecule has 0 bridgehead atoms. The minimum Gasteiger partial charge on any atom is -0.328 e. The van der Waals surface area contributed by atoms with Crippen LogP contribution in [0.4, 0.5) is 5.69 Å². The van der Waals surface area contributed by atoms with E-state index in [-0.39, 0.29) is 23.7 Å². The second-order valence-corrected chi connectivity index (χ2v) is 5.83. The van der Waals surface area contributed by atoms with Crippen LogP contribution in [0.3, 0.4) is 0 Å². The van der Waals surface area contributed by atoms with Crippen LogP contribution in [0.25, 0.3) is 0 Å². The van der Waals surface area contributed by atoms with E-state index in [1.807, 2.05) is 17.0 Å². The molecule has 110 valence electrons. The van der Waals surface area contributed by atoms with Gasteiger partial charge >= 0.3 is 0 Å². The molecule has 0 aromatic heterocycles. The van der Waals surface area contributed by atoms with Gasteiger partial charge in [0.25, 0.3) is 11.6 Å². The maximum Gasteiger partial charge on any atom is 0.269 e. The molecular formula is C17H14N2O3. The van der Waals surface area contributed by atoms with E-state index in [0.29, 0.717) is 5.56 Å². The molecule has 0 radical (unpaired) electrons. The Hall–Kier alpha value is -2.69. The quantitative estimate of drug-likeness (QED) is 0.486. The average Bonchev–Trinajstić information content (AvgIpc) is 3.24. The predicted molar refractivity (Wildman–Crippen MR) is 80.7 cm³/mol. The number of carbonyl (C=O) groups is 1. The molecule has 1 amide bonds. The van der Waals surface area contributed by atoms with Gasteiger partial charge in [-0.15, -0.1) is 0 Å². The lowest BCUT2D eigenvalue weighted by atomic mass is 9.92. The Balaban J connectivity index is 1.53. The van der Waals surface area contributed by atoms with Gasteiger partial charge in [0.05, 0.1) is 17.0 Å². The minimum atomic E-state index is -0.456. The Bertz CT molecular complexity index is 739. The Morgan fingerprint density at radius 2 is 1.55 bits per heavy atom. The summed E-state index contributed by atoms with van der Waals surface area (Å²) >= 11 is 0. The lowest BCUT2D eigenvalue weighted by molar-refractivity contribution is -0.384. The Morgan fingerprint density at radius 3 is 2.05 bits per heavy atom. The fourth-order valence-corrected chi connectivity index (χ4v) is 3.39. The van der Waals surface area contributed by atoms with Gasteiger partial charge < -0.3 is 4.90 Å². The number of benzene rings is 2. The molecule has 2 unspecified atom stereocenters. The Labute approximate surface area is 127 Å². The normalized spacial score (nSPS) is 21.7. The van der Waals surface area contributed by atoms with E-state index in [4.69, 9.17) is 0 Å². The van der Waals surface area contributed by atoms with E-state index < -0.39 is 4.92 Å². The molecule has 1 aliphatic heterocycles. The Kier molecular flexibility index (Phi) is 2.76. The van der Waals surface area contributed by atoms with Crippen molar-refractivity contribution in [1.29, 1.82) is 0 Å². The highest BCUT2D eigenvalue weighted by Crippen LogP contribution is 2.40. The molecule has 22 heavy (non-hydrogen) atoms. The van der Waals surface area contributed by atoms with Gasteiger partial charge in [-0.25, -0.2) is 0 Å². The maximum absolute atomic E-state index is 12.6. The third-order valence-corrected chi connectivity index (χ3v) is 4.61. The van der Waals surface area contributed by atoms with Crippen LogP contribution in [0.5, 0.6) is 0 Å². The number of hydrogen-bond acceptors (Lipinski definition) is 3. The monoisotopic (exact) mass is 294 g/mol. The molecule has 1 heterocycles. The van der Waals surface area contributed by atoms with Crippen LogP contribution < -0.4 is 0 Å². The van der Waals surface area contributed by atoms with Crippen LogP contribution in [-0.4, -0.2) is 27.8 Å². The molecule has 5 heteroatoms. The number of nitro groups is 1. The summed E-state index contributed by atoms with van der Waals surface area (Å²) in [5.74, 6) is -0.0299. The van der Waals surface area contributed by atoms with Gasteiger partial charge in [-0.2, -0.15) is 0 Å². The zero-order chi connectivity index (χ0) is 15.3. The summed E-state index contributed by atoms with van der Waals surface area (Å²) in [4.78, 5) is 24.7. The molecule has 2 aliphatic rings. The highest BCUT2D eigenvalue weighted by molar-refractivity contribution is 5.96. The van der Waals surface area contributed by atoms with Gasteiger partial charge in [-0.3, -0.25) is 14.9 Å². The number of nitrogens with zero attached hydrogens (tertiary/aromatic N) is 2. The first-order chi connectivity index (χ1) is 10.6. The van der Waals surface area contributed by atoms with E-state index in [2.05, 4.69) is 12.1 Å². The fraction of sp³-hybridized carbons (Fsp3) is 0.235. The first kappa shape index (κ1) is 13.0. The molecule has 2 atom stereocenters. The number of amides is 1. The van der Waals surface area contributed by atoms with Crippen molar-refractivity contribution in [3.8, 4) is 0 Å². The van der Waals surface area contributed by atoms with Crippen LogP contribution in [0.1, 0.15) is 21.5 Å². The molecule has 1 fully saturated rings. The number of hydrogen-bond donors (Lipinski definition) is 0. The van der Waals surface area contributed by atoms with Crippen molar-refractivity contribution in [3.05, 3.63) is 75.3 Å². The molecule has 4 rings (SSSR count). The zero-order valence-electron chi connectivity index (χ0n) is 11.8. The lowest BCUT2D eigenvalue weighted by Gasteiger charge is -2.11. The van der Waals surface area contributed by atoms with Crippen LogP contribution in [0.15, 0.2) is 48.5 Å². The van der Waals surface area contributed by atoms with Crippen LogP contribution in [-0.2, 0) is 12.8 Å². The van der Waals surface area contributed by atoms with Crippen molar-refractivity contribution >= 4 is 11.6 Å². The SMILES string of the molecule is O=C(c1ccc([N+](=O)[O-])cc1)N1C2Cc3ccccc3CC21. The van der Waals surface area contributed by atoms with Crippen molar-refractivity contribution in [1.82, 2.24) is 4.90 Å². The van der Waals surface area contributed by atoms with E-state index >= 15 is 0 Å². The van der Waals surface area contributed by atoms with E-state index in [0.717, 1.165) is 12.8 Å². The summed E-state index contributed by atoms with van der Waals surface area (Å²) in [5.41, 5.74) is 3.17. The number of rotatable bonds is 2. The minimum absolute atomic E-state index is 0.00664. The van der Waals surface area contributed by atoms with Gasteiger partial charge in [-0.05, 0) is 36.1 Å². The first-order valence-corrected chi connectivity index (χ1v) is 7.29. The molecule has 0 spiro atoms. The summed E-state index contributed by atoms with van der Waals surface area (Å²) in [5, 5.41) is 10.7. The number of non-ortho nitro benzene ring substituents is 1. The average molecular weight is 294 g/mol. The van der Waals surface area contributed by atoms with E-state index in [1.165, 1.54) is 35.4 Å². The largest absolute Gasteiger partial charge is 0.328 e. The van der Waals surface area contributed by atoms with Crippen molar-refractivity contribution in [2.45, 2.75) is 24.9 Å². The van der Waals surface area contributed by atoms with E-state index in [1.54, 1.807) is 0 Å². The second kappa shape index (κ2) is 4.66. The van der Waals surface area contributed by atoms with Crippen molar-refractivity contribution in [2.75, 3.05) is 0 Å². The molecule has 5 nitrogen and oxygen atoms in total. The van der Waals surface area contributed by atoms with Crippen LogP contribution >= 0.6 is 0 Å². The smallest absolute Gasteiger partial charge is 0.269 e. The predicted octanol–water partition coefficient (Wildman–Crippen LogP) is 2.59. The van der Waals surface area contributed by atoms with Gasteiger partial charge in [-0.1, -0.05) is 24.3 Å². The molecule has 1 saturated heterocycles. The standard InChI is InChI=1S/C17H14N2O3/c20-17(11-5-7-14(8-6-11)19(21)22)18-15-9-12-3-1-2-4-13(12)10-16(15)18/h1-8,15-16H,9-10H2. The number of nitro benzene ring substituents is 1. The summed E-state index contributed by atoms with van der Waals surface area (Å²) in [6.07, 6.45) is 1.80. The molecule has 2 aromatic carbocycles. The molecule has 0 saturated carbocycles. The molecular weight excluding hydrogens is 280 g/mol. The third-order valence-electron chi connectivity index (χ3n) is 4.61. The second-order valence-electron chi connectivity index (χ2n) is 5.83. The summed E-state index contributed by atoms with van der Waals surface area (Å²) in [6, 6.07) is 14.7. The van der Waals surface area contributed by atoms with Crippen molar-refractivity contribution in [2.24, 2.45) is 0 Å². The third kappa shape index (κ3) is 1.97. The van der Waals surface area contributed by atoms with E-state index in [9.17, 15) is 14.9 Å². The van der Waals surface area contributed by atoms with Crippen LogP contribution in [0.2, 0.25) is 0 Å². The maximum atomic E-state index is 12.6. The number of fused-ring (bicyclic) bond motifs is 2. The highest BCUT2D eigenvalue weighted by Gasteiger charge is 2.52. The van der Waals surface area contributed by atoms with Gasteiger partial charge in [0.2, 0.25) is 0 Å². The van der Waals surface area contributed by atoms with Crippen molar-refractivity contribution in [3.63, 3.8) is 0 Å². The topological polar surface area (TPSA) is 63.2 Å². The molecule has 2 aromatic rings. The van der Waals surface area contributed by atoms with Crippen LogP contribution in [0, 0.1) is 10.1 Å². The van der Waals surface area contributed by atoms with Gasteiger partial charge in [0, 0.05) is 17.7 Å².